The minimum atomic E-state index is -3.40. The van der Waals surface area contributed by atoms with Crippen LogP contribution in [-0.4, -0.2) is 34.8 Å². The van der Waals surface area contributed by atoms with Crippen molar-refractivity contribution in [2.24, 2.45) is 0 Å². The fraction of sp³-hybridized carbons (Fsp3) is 0.680. The molecule has 0 unspecified atom stereocenters. The summed E-state index contributed by atoms with van der Waals surface area (Å²) in [7, 11) is 0.789. The molecule has 4 nitrogen and oxygen atoms in total. The number of likely N-dealkylation sites (N-methyl/N-ethyl adjacent to an activating group) is 1. The maximum atomic E-state index is 12.3. The van der Waals surface area contributed by atoms with Gasteiger partial charge in [-0.3, -0.25) is 4.48 Å². The average Bonchev–Trinajstić information content (AvgIpc) is 2.69. The fourth-order valence-electron chi connectivity index (χ4n) is 3.68. The van der Waals surface area contributed by atoms with Crippen LogP contribution in [0.2, 0.25) is 0 Å². The maximum Gasteiger partial charge on any atom is 0.132 e. The average molecular weight is 518 g/mol. The van der Waals surface area contributed by atoms with E-state index >= 15 is 0 Å². The summed E-state index contributed by atoms with van der Waals surface area (Å²) in [5, 5.41) is 0. The zero-order chi connectivity index (χ0) is 22.3. The number of sulfonamides is 1. The molecule has 0 saturated carbocycles. The lowest BCUT2D eigenvalue weighted by Gasteiger charge is -2.29. The lowest BCUT2D eigenvalue weighted by molar-refractivity contribution is 0.442. The number of halogens is 1. The van der Waals surface area contributed by atoms with Gasteiger partial charge in [-0.25, -0.2) is 8.42 Å². The van der Waals surface area contributed by atoms with Crippen LogP contribution in [0, 0.1) is 0 Å². The Kier molecular flexibility index (Phi) is 16.3. The van der Waals surface area contributed by atoms with E-state index in [1.54, 1.807) is 12.1 Å². The Labute approximate surface area is 202 Å². The third-order valence-electron chi connectivity index (χ3n) is 5.63. The highest BCUT2D eigenvalue weighted by Gasteiger charge is 2.15. The highest BCUT2D eigenvalue weighted by atomic mass is 79.9. The topological polar surface area (TPSA) is 48.2 Å². The van der Waals surface area contributed by atoms with Gasteiger partial charge >= 0.3 is 0 Å². The fourth-order valence-corrected chi connectivity index (χ4v) is 4.78. The van der Waals surface area contributed by atoms with Gasteiger partial charge in [0.1, 0.15) is 12.2 Å². The number of hydrogen-bond acceptors (Lipinski definition) is 2. The van der Waals surface area contributed by atoms with Gasteiger partial charge < -0.3 is 4.72 Å². The first-order chi connectivity index (χ1) is 14.3. The summed E-state index contributed by atoms with van der Waals surface area (Å²) in [4.78, 5) is 0. The van der Waals surface area contributed by atoms with Crippen molar-refractivity contribution >= 4 is 38.4 Å². The van der Waals surface area contributed by atoms with Crippen LogP contribution in [0.5, 0.6) is 0 Å². The first kappa shape index (κ1) is 30.1. The molecule has 6 heteroatoms. The Morgan fingerprint density at radius 3 is 1.74 bits per heavy atom. The molecule has 0 aliphatic rings. The summed E-state index contributed by atoms with van der Waals surface area (Å²) >= 11 is 0. The Morgan fingerprint density at radius 2 is 1.29 bits per heavy atom. The third-order valence-corrected chi connectivity index (χ3v) is 6.93. The largest absolute Gasteiger partial charge is 0.577 e. The van der Waals surface area contributed by atoms with Gasteiger partial charge in [-0.05, 0) is 24.6 Å². The Balaban J connectivity index is 0.00000900. The van der Waals surface area contributed by atoms with Crippen molar-refractivity contribution in [3.63, 3.8) is 0 Å². The molecule has 1 rings (SSSR count). The van der Waals surface area contributed by atoms with Crippen LogP contribution < -0.4 is 4.48 Å². The number of quaternary nitrogens is 1. The highest BCUT2D eigenvalue weighted by molar-refractivity contribution is 8.93. The minimum absolute atomic E-state index is 0. The van der Waals surface area contributed by atoms with Gasteiger partial charge in [0.25, 0.3) is 0 Å². The molecular weight excluding hydrogens is 472 g/mol. The van der Waals surface area contributed by atoms with E-state index in [9.17, 15) is 8.42 Å². The maximum absolute atomic E-state index is 12.3. The van der Waals surface area contributed by atoms with E-state index in [0.717, 1.165) is 25.1 Å². The quantitative estimate of drug-likeness (QED) is 0.112. The minimum Gasteiger partial charge on any atom is -0.577 e. The summed E-state index contributed by atoms with van der Waals surface area (Å²) < 4.78 is 29.2. The van der Waals surface area contributed by atoms with Gasteiger partial charge in [0.15, 0.2) is 0 Å². The van der Waals surface area contributed by atoms with Gasteiger partial charge in [0, 0.05) is 5.75 Å². The standard InChI is InChI=1S/C25H44N2O2S.BrH/c1-5-7-8-9-10-11-12-13-14-15-16-17-23-30(28,29)26-24-18-20-25(21-19-24)27(3,4)22-6-2;/h6,18-21H,2,5,7-17,22-23H2,1,3-4H3;1H. The molecule has 1 aromatic carbocycles. The van der Waals surface area contributed by atoms with Crippen LogP contribution in [0.1, 0.15) is 84.0 Å². The van der Waals surface area contributed by atoms with Crippen LogP contribution in [0.15, 0.2) is 36.9 Å². The molecule has 0 radical (unpaired) electrons. The second-order valence-electron chi connectivity index (χ2n) is 8.94. The molecule has 0 amide bonds. The molecule has 0 heterocycles. The van der Waals surface area contributed by atoms with E-state index in [-0.39, 0.29) is 22.7 Å². The molecule has 31 heavy (non-hydrogen) atoms. The SMILES string of the molecule is Br.C=CC[N+](C)(C)c1ccc([N-]S(=O)(=O)CCCCCCCCCCCCCC)cc1. The van der Waals surface area contributed by atoms with Crippen LogP contribution in [0.4, 0.5) is 11.4 Å². The normalized spacial score (nSPS) is 11.7. The van der Waals surface area contributed by atoms with Crippen molar-refractivity contribution in [2.75, 3.05) is 26.4 Å². The van der Waals surface area contributed by atoms with E-state index in [1.165, 1.54) is 57.8 Å². The molecule has 0 bridgehead atoms. The summed E-state index contributed by atoms with van der Waals surface area (Å²) in [6.45, 7) is 6.86. The molecule has 0 fully saturated rings. The molecule has 0 N–H and O–H groups in total. The van der Waals surface area contributed by atoms with Crippen molar-refractivity contribution in [2.45, 2.75) is 84.0 Å². The van der Waals surface area contributed by atoms with E-state index < -0.39 is 10.0 Å². The summed E-state index contributed by atoms with van der Waals surface area (Å²) in [5.74, 6) is 0.143. The van der Waals surface area contributed by atoms with Gasteiger partial charge in [0.2, 0.25) is 0 Å². The lowest BCUT2D eigenvalue weighted by atomic mass is 10.1. The van der Waals surface area contributed by atoms with Crippen LogP contribution in [0.25, 0.3) is 4.72 Å². The number of unbranched alkanes of at least 4 members (excludes halogenated alkanes) is 11. The van der Waals surface area contributed by atoms with Gasteiger partial charge in [0.05, 0.1) is 24.1 Å². The van der Waals surface area contributed by atoms with E-state index in [4.69, 9.17) is 0 Å². The van der Waals surface area contributed by atoms with Crippen molar-refractivity contribution in [3.8, 4) is 0 Å². The Bertz CT molecular complexity index is 688. The molecule has 1 aromatic rings. The van der Waals surface area contributed by atoms with E-state index in [0.29, 0.717) is 16.6 Å². The molecule has 0 spiro atoms. The molecule has 0 atom stereocenters. The molecule has 0 aliphatic carbocycles. The second kappa shape index (κ2) is 16.7. The number of nitrogens with zero attached hydrogens (tertiary/aromatic N) is 2. The zero-order valence-electron chi connectivity index (χ0n) is 20.0. The Hall–Kier alpha value is -0.850. The molecule has 0 aromatic heterocycles. The number of benzene rings is 1. The van der Waals surface area contributed by atoms with Crippen molar-refractivity contribution in [1.29, 1.82) is 0 Å². The van der Waals surface area contributed by atoms with Gasteiger partial charge in [-0.1, -0.05) is 96.3 Å². The monoisotopic (exact) mass is 516 g/mol. The lowest BCUT2D eigenvalue weighted by Crippen LogP contribution is -2.40. The molecular formula is C25H45BrN2O2S. The van der Waals surface area contributed by atoms with Crippen LogP contribution in [-0.2, 0) is 10.0 Å². The summed E-state index contributed by atoms with van der Waals surface area (Å²) in [6.07, 6.45) is 16.6. The zero-order valence-corrected chi connectivity index (χ0v) is 22.6. The van der Waals surface area contributed by atoms with E-state index in [1.807, 2.05) is 18.2 Å². The van der Waals surface area contributed by atoms with Crippen molar-refractivity contribution < 1.29 is 8.42 Å². The third kappa shape index (κ3) is 14.0. The second-order valence-corrected chi connectivity index (χ2v) is 10.7. The number of rotatable bonds is 18. The van der Waals surface area contributed by atoms with Gasteiger partial charge in [-0.15, -0.1) is 22.7 Å². The predicted octanol–water partition coefficient (Wildman–Crippen LogP) is 8.05. The van der Waals surface area contributed by atoms with Crippen LogP contribution >= 0.6 is 17.0 Å². The van der Waals surface area contributed by atoms with Crippen molar-refractivity contribution in [1.82, 2.24) is 4.48 Å². The summed E-state index contributed by atoms with van der Waals surface area (Å²) in [5.41, 5.74) is 1.61. The Morgan fingerprint density at radius 1 is 0.839 bits per heavy atom. The van der Waals surface area contributed by atoms with Crippen molar-refractivity contribution in [3.05, 3.63) is 41.6 Å². The molecule has 180 valence electrons. The van der Waals surface area contributed by atoms with E-state index in [2.05, 4.69) is 32.3 Å². The van der Waals surface area contributed by atoms with Gasteiger partial charge in [-0.2, -0.15) is 0 Å². The number of hydrogen-bond donors (Lipinski definition) is 0. The van der Waals surface area contributed by atoms with Crippen LogP contribution in [0.3, 0.4) is 0 Å². The summed E-state index contributed by atoms with van der Waals surface area (Å²) in [6, 6.07) is 7.47. The first-order valence-electron chi connectivity index (χ1n) is 11.8. The first-order valence-corrected chi connectivity index (χ1v) is 13.4. The predicted molar refractivity (Wildman–Crippen MR) is 143 cm³/mol. The molecule has 0 saturated heterocycles. The molecule has 0 aliphatic heterocycles. The smallest absolute Gasteiger partial charge is 0.132 e. The highest BCUT2D eigenvalue weighted by Crippen LogP contribution is 2.28.